The molecule has 0 aliphatic carbocycles. The largest absolute Gasteiger partial charge is 0.496 e. The molecule has 116 valence electrons. The van der Waals surface area contributed by atoms with Crippen molar-refractivity contribution in [2.75, 3.05) is 19.5 Å². The van der Waals surface area contributed by atoms with Crippen LogP contribution in [-0.4, -0.2) is 35.8 Å². The standard InChI is InChI=1S/C15H18N4O3/c1-10-12(5-4-6-13(10)22-3)15(21)18-11-7-17-19(8-11)9-14(20)16-2/h4-8H,9H2,1-3H3,(H,16,20)(H,18,21). The molecule has 0 fully saturated rings. The van der Waals surface area contributed by atoms with E-state index in [-0.39, 0.29) is 18.4 Å². The van der Waals surface area contributed by atoms with Gasteiger partial charge in [0.05, 0.1) is 19.0 Å². The van der Waals surface area contributed by atoms with Crippen LogP contribution >= 0.6 is 0 Å². The molecular formula is C15H18N4O3. The number of carbonyl (C=O) groups is 2. The van der Waals surface area contributed by atoms with E-state index in [9.17, 15) is 9.59 Å². The molecule has 7 heteroatoms. The maximum absolute atomic E-state index is 12.3. The highest BCUT2D eigenvalue weighted by molar-refractivity contribution is 6.05. The van der Waals surface area contributed by atoms with Crippen molar-refractivity contribution in [3.8, 4) is 5.75 Å². The number of likely N-dealkylation sites (N-methyl/N-ethyl adjacent to an activating group) is 1. The highest BCUT2D eigenvalue weighted by atomic mass is 16.5. The zero-order valence-electron chi connectivity index (χ0n) is 12.7. The monoisotopic (exact) mass is 302 g/mol. The van der Waals surface area contributed by atoms with Crippen molar-refractivity contribution in [3.05, 3.63) is 41.7 Å². The maximum atomic E-state index is 12.3. The number of rotatable bonds is 5. The maximum Gasteiger partial charge on any atom is 0.256 e. The minimum absolute atomic E-state index is 0.102. The van der Waals surface area contributed by atoms with Crippen molar-refractivity contribution in [3.63, 3.8) is 0 Å². The first-order valence-corrected chi connectivity index (χ1v) is 6.73. The second-order valence-electron chi connectivity index (χ2n) is 4.69. The summed E-state index contributed by atoms with van der Waals surface area (Å²) in [5.74, 6) is 0.239. The predicted octanol–water partition coefficient (Wildman–Crippen LogP) is 1.20. The first kappa shape index (κ1) is 15.6. The number of aromatic nitrogens is 2. The topological polar surface area (TPSA) is 85.2 Å². The number of amides is 2. The summed E-state index contributed by atoms with van der Waals surface area (Å²) in [7, 11) is 3.12. The van der Waals surface area contributed by atoms with E-state index in [2.05, 4.69) is 15.7 Å². The lowest BCUT2D eigenvalue weighted by molar-refractivity contribution is -0.121. The minimum atomic E-state index is -0.254. The van der Waals surface area contributed by atoms with Crippen molar-refractivity contribution in [2.45, 2.75) is 13.5 Å². The highest BCUT2D eigenvalue weighted by Gasteiger charge is 2.13. The van der Waals surface area contributed by atoms with Crippen LogP contribution in [0.2, 0.25) is 0 Å². The van der Waals surface area contributed by atoms with Crippen LogP contribution < -0.4 is 15.4 Å². The van der Waals surface area contributed by atoms with Gasteiger partial charge in [-0.2, -0.15) is 5.10 Å². The summed E-state index contributed by atoms with van der Waals surface area (Å²) in [6.07, 6.45) is 3.10. The second kappa shape index (κ2) is 6.75. The Morgan fingerprint density at radius 1 is 1.36 bits per heavy atom. The molecule has 2 N–H and O–H groups in total. The predicted molar refractivity (Wildman–Crippen MR) is 82.0 cm³/mol. The SMILES string of the molecule is CNC(=O)Cn1cc(NC(=O)c2cccc(OC)c2C)cn1. The van der Waals surface area contributed by atoms with Gasteiger partial charge in [-0.1, -0.05) is 6.07 Å². The smallest absolute Gasteiger partial charge is 0.256 e. The van der Waals surface area contributed by atoms with Gasteiger partial charge in [0.25, 0.3) is 5.91 Å². The molecular weight excluding hydrogens is 284 g/mol. The third-order valence-corrected chi connectivity index (χ3v) is 3.22. The van der Waals surface area contributed by atoms with E-state index >= 15 is 0 Å². The summed E-state index contributed by atoms with van der Waals surface area (Å²) in [5.41, 5.74) is 1.81. The van der Waals surface area contributed by atoms with Crippen molar-refractivity contribution in [1.29, 1.82) is 0 Å². The van der Waals surface area contributed by atoms with Crippen molar-refractivity contribution in [2.24, 2.45) is 0 Å². The Morgan fingerprint density at radius 2 is 2.14 bits per heavy atom. The Kier molecular flexibility index (Phi) is 4.77. The summed E-state index contributed by atoms with van der Waals surface area (Å²) in [4.78, 5) is 23.6. The Balaban J connectivity index is 2.11. The van der Waals surface area contributed by atoms with Crippen LogP contribution in [0.15, 0.2) is 30.6 Å². The van der Waals surface area contributed by atoms with Gasteiger partial charge in [-0.15, -0.1) is 0 Å². The third-order valence-electron chi connectivity index (χ3n) is 3.22. The van der Waals surface area contributed by atoms with Gasteiger partial charge < -0.3 is 15.4 Å². The summed E-state index contributed by atoms with van der Waals surface area (Å²) < 4.78 is 6.66. The van der Waals surface area contributed by atoms with Gasteiger partial charge in [0.2, 0.25) is 5.91 Å². The summed E-state index contributed by atoms with van der Waals surface area (Å²) >= 11 is 0. The van der Waals surface area contributed by atoms with Crippen LogP contribution in [0.5, 0.6) is 5.75 Å². The van der Waals surface area contributed by atoms with Gasteiger partial charge in [0.15, 0.2) is 0 Å². The van der Waals surface area contributed by atoms with Crippen LogP contribution in [0.4, 0.5) is 5.69 Å². The fraction of sp³-hybridized carbons (Fsp3) is 0.267. The van der Waals surface area contributed by atoms with E-state index in [1.807, 2.05) is 6.92 Å². The lowest BCUT2D eigenvalue weighted by atomic mass is 10.1. The molecule has 0 saturated carbocycles. The minimum Gasteiger partial charge on any atom is -0.496 e. The molecule has 0 aliphatic rings. The highest BCUT2D eigenvalue weighted by Crippen LogP contribution is 2.21. The average molecular weight is 302 g/mol. The average Bonchev–Trinajstić information content (AvgIpc) is 2.94. The van der Waals surface area contributed by atoms with Gasteiger partial charge in [-0.3, -0.25) is 14.3 Å². The van der Waals surface area contributed by atoms with Crippen molar-refractivity contribution < 1.29 is 14.3 Å². The van der Waals surface area contributed by atoms with E-state index in [0.29, 0.717) is 17.0 Å². The number of nitrogens with zero attached hydrogens (tertiary/aromatic N) is 2. The van der Waals surface area contributed by atoms with Crippen LogP contribution in [0.1, 0.15) is 15.9 Å². The Labute approximate surface area is 128 Å². The Morgan fingerprint density at radius 3 is 2.82 bits per heavy atom. The molecule has 1 aromatic carbocycles. The zero-order chi connectivity index (χ0) is 16.1. The number of benzene rings is 1. The first-order valence-electron chi connectivity index (χ1n) is 6.73. The molecule has 0 unspecified atom stereocenters. The molecule has 0 spiro atoms. The van der Waals surface area contributed by atoms with E-state index in [0.717, 1.165) is 5.56 Å². The molecule has 2 amide bonds. The van der Waals surface area contributed by atoms with Crippen molar-refractivity contribution in [1.82, 2.24) is 15.1 Å². The van der Waals surface area contributed by atoms with Crippen LogP contribution in [0, 0.1) is 6.92 Å². The normalized spacial score (nSPS) is 10.1. The van der Waals surface area contributed by atoms with Gasteiger partial charge in [-0.05, 0) is 19.1 Å². The number of methoxy groups -OCH3 is 1. The summed E-state index contributed by atoms with van der Waals surface area (Å²) in [6, 6.07) is 5.28. The first-order chi connectivity index (χ1) is 10.5. The van der Waals surface area contributed by atoms with E-state index in [1.165, 1.54) is 10.9 Å². The Bertz CT molecular complexity index is 694. The van der Waals surface area contributed by atoms with Gasteiger partial charge in [0.1, 0.15) is 12.3 Å². The van der Waals surface area contributed by atoms with Crippen LogP contribution in [0.25, 0.3) is 0 Å². The Hall–Kier alpha value is -2.83. The fourth-order valence-electron chi connectivity index (χ4n) is 2.02. The third kappa shape index (κ3) is 3.43. The fourth-order valence-corrected chi connectivity index (χ4v) is 2.02. The van der Waals surface area contributed by atoms with Gasteiger partial charge in [0, 0.05) is 24.4 Å². The number of hydrogen-bond donors (Lipinski definition) is 2. The molecule has 0 saturated heterocycles. The molecule has 0 atom stereocenters. The molecule has 2 aromatic rings. The molecule has 7 nitrogen and oxygen atoms in total. The number of nitrogens with one attached hydrogen (secondary N) is 2. The molecule has 2 rings (SSSR count). The second-order valence-corrected chi connectivity index (χ2v) is 4.69. The van der Waals surface area contributed by atoms with E-state index in [1.54, 1.807) is 38.6 Å². The van der Waals surface area contributed by atoms with Crippen LogP contribution in [0.3, 0.4) is 0 Å². The molecule has 0 bridgehead atoms. The number of carbonyl (C=O) groups excluding carboxylic acids is 2. The van der Waals surface area contributed by atoms with E-state index < -0.39 is 0 Å². The van der Waals surface area contributed by atoms with Gasteiger partial charge >= 0.3 is 0 Å². The summed E-state index contributed by atoms with van der Waals surface area (Å²) in [6.45, 7) is 1.92. The van der Waals surface area contributed by atoms with Crippen LogP contribution in [-0.2, 0) is 11.3 Å². The zero-order valence-corrected chi connectivity index (χ0v) is 12.7. The number of hydrogen-bond acceptors (Lipinski definition) is 4. The lowest BCUT2D eigenvalue weighted by Gasteiger charge is -2.09. The molecule has 22 heavy (non-hydrogen) atoms. The van der Waals surface area contributed by atoms with Crippen molar-refractivity contribution >= 4 is 17.5 Å². The number of ether oxygens (including phenoxy) is 1. The molecule has 0 aliphatic heterocycles. The lowest BCUT2D eigenvalue weighted by Crippen LogP contribution is -2.23. The quantitative estimate of drug-likeness (QED) is 0.869. The van der Waals surface area contributed by atoms with E-state index in [4.69, 9.17) is 4.74 Å². The summed E-state index contributed by atoms with van der Waals surface area (Å²) in [5, 5.41) is 9.28. The molecule has 0 radical (unpaired) electrons. The number of anilines is 1. The molecule has 1 heterocycles. The molecule has 1 aromatic heterocycles. The van der Waals surface area contributed by atoms with Gasteiger partial charge in [-0.25, -0.2) is 0 Å².